The molecule has 2 nitrogen and oxygen atoms in total. The maximum atomic E-state index is 8.65. The van der Waals surface area contributed by atoms with E-state index >= 15 is 0 Å². The van der Waals surface area contributed by atoms with Gasteiger partial charge in [-0.3, -0.25) is 0 Å². The van der Waals surface area contributed by atoms with Gasteiger partial charge in [-0.05, 0) is 39.0 Å². The van der Waals surface area contributed by atoms with E-state index in [1.165, 1.54) is 63.5 Å². The van der Waals surface area contributed by atoms with Crippen LogP contribution in [-0.2, 0) is 0 Å². The van der Waals surface area contributed by atoms with Crippen molar-refractivity contribution < 1.29 is 5.11 Å². The number of allylic oxidation sites excluding steroid dienone is 2. The molecule has 2 N–H and O–H groups in total. The SMILES string of the molecule is CC(NCCCCCCCCCO)=C1CCC1. The summed E-state index contributed by atoms with van der Waals surface area (Å²) in [4.78, 5) is 0. The Labute approximate surface area is 106 Å². The molecule has 0 aromatic rings. The van der Waals surface area contributed by atoms with Crippen molar-refractivity contribution in [2.45, 2.75) is 71.1 Å². The molecule has 1 rings (SSSR count). The Morgan fingerprint density at radius 2 is 1.59 bits per heavy atom. The van der Waals surface area contributed by atoms with Crippen molar-refractivity contribution in [2.75, 3.05) is 13.2 Å². The van der Waals surface area contributed by atoms with Crippen molar-refractivity contribution >= 4 is 0 Å². The molecule has 0 aromatic heterocycles. The first-order valence-corrected chi connectivity index (χ1v) is 7.38. The summed E-state index contributed by atoms with van der Waals surface area (Å²) >= 11 is 0. The number of hydrogen-bond donors (Lipinski definition) is 2. The highest BCUT2D eigenvalue weighted by molar-refractivity contribution is 5.16. The quantitative estimate of drug-likeness (QED) is 0.569. The number of rotatable bonds is 10. The van der Waals surface area contributed by atoms with Crippen molar-refractivity contribution in [1.29, 1.82) is 0 Å². The minimum Gasteiger partial charge on any atom is -0.396 e. The highest BCUT2D eigenvalue weighted by Crippen LogP contribution is 2.27. The standard InChI is InChI=1S/C15H29NO/c1-14(15-10-9-11-15)16-12-7-5-3-2-4-6-8-13-17/h16-17H,2-13H2,1H3. The van der Waals surface area contributed by atoms with E-state index in [4.69, 9.17) is 5.11 Å². The summed E-state index contributed by atoms with van der Waals surface area (Å²) in [5, 5.41) is 12.2. The van der Waals surface area contributed by atoms with Crippen LogP contribution in [0, 0.1) is 0 Å². The van der Waals surface area contributed by atoms with Crippen LogP contribution in [0.15, 0.2) is 11.3 Å². The monoisotopic (exact) mass is 239 g/mol. The minimum atomic E-state index is 0.359. The van der Waals surface area contributed by atoms with E-state index in [1.54, 1.807) is 5.57 Å². The Morgan fingerprint density at radius 3 is 2.12 bits per heavy atom. The fourth-order valence-corrected chi connectivity index (χ4v) is 2.25. The zero-order valence-electron chi connectivity index (χ0n) is 11.4. The Hall–Kier alpha value is -0.500. The molecular formula is C15H29NO. The lowest BCUT2D eigenvalue weighted by Crippen LogP contribution is -2.17. The van der Waals surface area contributed by atoms with Crippen LogP contribution in [0.2, 0.25) is 0 Å². The molecule has 0 heterocycles. The van der Waals surface area contributed by atoms with Crippen LogP contribution in [0.5, 0.6) is 0 Å². The maximum Gasteiger partial charge on any atom is 0.0431 e. The lowest BCUT2D eigenvalue weighted by molar-refractivity contribution is 0.282. The van der Waals surface area contributed by atoms with Gasteiger partial charge in [-0.25, -0.2) is 0 Å². The van der Waals surface area contributed by atoms with E-state index in [2.05, 4.69) is 12.2 Å². The molecular weight excluding hydrogens is 210 g/mol. The number of aliphatic hydroxyl groups excluding tert-OH is 1. The molecule has 0 spiro atoms. The molecule has 2 heteroatoms. The van der Waals surface area contributed by atoms with Gasteiger partial charge in [0.25, 0.3) is 0 Å². The number of aliphatic hydroxyl groups is 1. The summed E-state index contributed by atoms with van der Waals surface area (Å²) in [5.41, 5.74) is 3.09. The fourth-order valence-electron chi connectivity index (χ4n) is 2.25. The molecule has 17 heavy (non-hydrogen) atoms. The van der Waals surface area contributed by atoms with Crippen LogP contribution in [0.4, 0.5) is 0 Å². The van der Waals surface area contributed by atoms with E-state index in [0.717, 1.165) is 13.0 Å². The summed E-state index contributed by atoms with van der Waals surface area (Å²) in [6.45, 7) is 3.73. The minimum absolute atomic E-state index is 0.359. The molecule has 0 aliphatic heterocycles. The van der Waals surface area contributed by atoms with Crippen LogP contribution >= 0.6 is 0 Å². The van der Waals surface area contributed by atoms with Gasteiger partial charge in [-0.1, -0.05) is 37.7 Å². The molecule has 0 aromatic carbocycles. The lowest BCUT2D eigenvalue weighted by Gasteiger charge is -2.20. The van der Waals surface area contributed by atoms with Crippen molar-refractivity contribution in [3.05, 3.63) is 11.3 Å². The largest absolute Gasteiger partial charge is 0.396 e. The van der Waals surface area contributed by atoms with Gasteiger partial charge in [0.2, 0.25) is 0 Å². The fraction of sp³-hybridized carbons (Fsp3) is 0.867. The summed E-state index contributed by atoms with van der Waals surface area (Å²) in [6.07, 6.45) is 12.8. The number of hydrogen-bond acceptors (Lipinski definition) is 2. The van der Waals surface area contributed by atoms with Crippen LogP contribution in [-0.4, -0.2) is 18.3 Å². The molecule has 1 aliphatic rings. The Kier molecular flexibility index (Phi) is 8.16. The normalized spacial score (nSPS) is 14.6. The second-order valence-corrected chi connectivity index (χ2v) is 5.21. The Bertz CT molecular complexity index is 217. The molecule has 0 saturated heterocycles. The maximum absolute atomic E-state index is 8.65. The van der Waals surface area contributed by atoms with Crippen molar-refractivity contribution in [3.63, 3.8) is 0 Å². The van der Waals surface area contributed by atoms with Gasteiger partial charge < -0.3 is 10.4 Å². The molecule has 1 aliphatic carbocycles. The van der Waals surface area contributed by atoms with Crippen LogP contribution in [0.3, 0.4) is 0 Å². The molecule has 100 valence electrons. The first-order valence-electron chi connectivity index (χ1n) is 7.38. The van der Waals surface area contributed by atoms with E-state index in [9.17, 15) is 0 Å². The van der Waals surface area contributed by atoms with E-state index in [1.807, 2.05) is 0 Å². The smallest absolute Gasteiger partial charge is 0.0431 e. The van der Waals surface area contributed by atoms with Crippen molar-refractivity contribution in [2.24, 2.45) is 0 Å². The molecule has 0 unspecified atom stereocenters. The van der Waals surface area contributed by atoms with Gasteiger partial charge in [0.05, 0.1) is 0 Å². The topological polar surface area (TPSA) is 32.3 Å². The Morgan fingerprint density at radius 1 is 1.00 bits per heavy atom. The molecule has 0 atom stereocenters. The molecule has 1 saturated carbocycles. The highest BCUT2D eigenvalue weighted by atomic mass is 16.2. The van der Waals surface area contributed by atoms with E-state index in [-0.39, 0.29) is 0 Å². The predicted molar refractivity (Wildman–Crippen MR) is 74.0 cm³/mol. The Balaban J connectivity index is 1.81. The highest BCUT2D eigenvalue weighted by Gasteiger charge is 2.10. The van der Waals surface area contributed by atoms with Gasteiger partial charge in [-0.15, -0.1) is 0 Å². The first-order chi connectivity index (χ1) is 8.34. The third-order valence-corrected chi connectivity index (χ3v) is 3.71. The van der Waals surface area contributed by atoms with Crippen molar-refractivity contribution in [1.82, 2.24) is 5.32 Å². The average molecular weight is 239 g/mol. The zero-order valence-corrected chi connectivity index (χ0v) is 11.4. The van der Waals surface area contributed by atoms with E-state index in [0.29, 0.717) is 6.61 Å². The predicted octanol–water partition coefficient (Wildman–Crippen LogP) is 3.76. The number of nitrogens with one attached hydrogen (secondary N) is 1. The van der Waals surface area contributed by atoms with Gasteiger partial charge in [0.1, 0.15) is 0 Å². The van der Waals surface area contributed by atoms with Crippen LogP contribution in [0.25, 0.3) is 0 Å². The van der Waals surface area contributed by atoms with Crippen molar-refractivity contribution in [3.8, 4) is 0 Å². The molecule has 0 radical (unpaired) electrons. The first kappa shape index (κ1) is 14.6. The summed E-state index contributed by atoms with van der Waals surface area (Å²) in [7, 11) is 0. The molecule has 0 bridgehead atoms. The molecule has 1 fully saturated rings. The zero-order chi connectivity index (χ0) is 12.3. The van der Waals surface area contributed by atoms with Gasteiger partial charge in [0.15, 0.2) is 0 Å². The summed E-state index contributed by atoms with van der Waals surface area (Å²) in [6, 6.07) is 0. The molecule has 0 amide bonds. The second-order valence-electron chi connectivity index (χ2n) is 5.21. The number of unbranched alkanes of at least 4 members (excludes halogenated alkanes) is 6. The summed E-state index contributed by atoms with van der Waals surface area (Å²) in [5.74, 6) is 0. The average Bonchev–Trinajstić information content (AvgIpc) is 2.24. The lowest BCUT2D eigenvalue weighted by atomic mass is 9.91. The summed E-state index contributed by atoms with van der Waals surface area (Å²) < 4.78 is 0. The van der Waals surface area contributed by atoms with Crippen LogP contribution < -0.4 is 5.32 Å². The van der Waals surface area contributed by atoms with E-state index < -0.39 is 0 Å². The second kappa shape index (κ2) is 9.52. The van der Waals surface area contributed by atoms with Crippen LogP contribution in [0.1, 0.15) is 71.1 Å². The third kappa shape index (κ3) is 6.72. The van der Waals surface area contributed by atoms with Gasteiger partial charge >= 0.3 is 0 Å². The third-order valence-electron chi connectivity index (χ3n) is 3.71. The van der Waals surface area contributed by atoms with Gasteiger partial charge in [-0.2, -0.15) is 0 Å². The van der Waals surface area contributed by atoms with Gasteiger partial charge in [0, 0.05) is 18.8 Å².